The summed E-state index contributed by atoms with van der Waals surface area (Å²) in [5, 5.41) is 3.03. The molecule has 5 nitrogen and oxygen atoms in total. The zero-order chi connectivity index (χ0) is 14.5. The molecule has 1 fully saturated rings. The van der Waals surface area contributed by atoms with Crippen LogP contribution in [0.2, 0.25) is 0 Å². The predicted octanol–water partition coefficient (Wildman–Crippen LogP) is 1.74. The lowest BCUT2D eigenvalue weighted by Gasteiger charge is -2.30. The topological polar surface area (TPSA) is 88.0 Å². The maximum Gasteiger partial charge on any atom is 0.253 e. The van der Waals surface area contributed by atoms with Crippen molar-refractivity contribution < 1.29 is 4.79 Å². The van der Waals surface area contributed by atoms with Crippen molar-refractivity contribution in [3.63, 3.8) is 0 Å². The summed E-state index contributed by atoms with van der Waals surface area (Å²) in [4.78, 5) is 26.0. The van der Waals surface area contributed by atoms with Gasteiger partial charge in [0, 0.05) is 24.8 Å². The van der Waals surface area contributed by atoms with Crippen LogP contribution in [0.5, 0.6) is 0 Å². The molecule has 0 spiro atoms. The van der Waals surface area contributed by atoms with Gasteiger partial charge in [0.1, 0.15) is 0 Å². The third-order valence-corrected chi connectivity index (χ3v) is 4.17. The maximum absolute atomic E-state index is 12.3. The van der Waals surface area contributed by atoms with Crippen molar-refractivity contribution in [3.8, 4) is 0 Å². The van der Waals surface area contributed by atoms with Gasteiger partial charge in [0.05, 0.1) is 5.56 Å². The average molecular weight is 314 g/mol. The molecule has 1 atom stereocenters. The van der Waals surface area contributed by atoms with E-state index in [-0.39, 0.29) is 29.9 Å². The Morgan fingerprint density at radius 1 is 1.43 bits per heavy atom. The van der Waals surface area contributed by atoms with Crippen LogP contribution >= 0.6 is 12.4 Å². The number of carbonyl (C=O) groups excluding carboxylic acids is 1. The highest BCUT2D eigenvalue weighted by molar-refractivity contribution is 5.95. The number of aromatic amines is 1. The molecule has 1 aromatic heterocycles. The van der Waals surface area contributed by atoms with Crippen LogP contribution in [0.1, 0.15) is 48.0 Å². The molecule has 1 saturated carbocycles. The molecule has 0 bridgehead atoms. The normalized spacial score (nSPS) is 16.9. The van der Waals surface area contributed by atoms with E-state index < -0.39 is 0 Å². The molecule has 0 aromatic carbocycles. The number of aromatic nitrogens is 1. The first kappa shape index (κ1) is 17.7. The number of pyridine rings is 1. The zero-order valence-corrected chi connectivity index (χ0v) is 13.2. The van der Waals surface area contributed by atoms with Crippen LogP contribution in [-0.4, -0.2) is 23.5 Å². The molecule has 1 aromatic rings. The molecule has 21 heavy (non-hydrogen) atoms. The summed E-state index contributed by atoms with van der Waals surface area (Å²) in [6.45, 7) is 2.22. The fraction of sp³-hybridized carbons (Fsp3) is 0.600. The molecule has 2 rings (SSSR count). The van der Waals surface area contributed by atoms with Crippen molar-refractivity contribution in [3.05, 3.63) is 33.7 Å². The van der Waals surface area contributed by atoms with Crippen LogP contribution in [0.25, 0.3) is 0 Å². The summed E-state index contributed by atoms with van der Waals surface area (Å²) in [5.41, 5.74) is 6.83. The minimum atomic E-state index is -0.193. The van der Waals surface area contributed by atoms with Crippen molar-refractivity contribution in [2.24, 2.45) is 11.7 Å². The first-order chi connectivity index (χ1) is 9.61. The van der Waals surface area contributed by atoms with Crippen LogP contribution in [0.4, 0.5) is 0 Å². The van der Waals surface area contributed by atoms with Gasteiger partial charge in [0.15, 0.2) is 0 Å². The fourth-order valence-electron chi connectivity index (χ4n) is 2.97. The molecule has 1 aliphatic rings. The summed E-state index contributed by atoms with van der Waals surface area (Å²) < 4.78 is 0. The van der Waals surface area contributed by atoms with E-state index in [2.05, 4.69) is 10.3 Å². The number of halogens is 1. The molecule has 0 aliphatic heterocycles. The first-order valence-electron chi connectivity index (χ1n) is 7.32. The summed E-state index contributed by atoms with van der Waals surface area (Å²) in [7, 11) is 0. The van der Waals surface area contributed by atoms with E-state index in [1.165, 1.54) is 31.5 Å². The van der Waals surface area contributed by atoms with Gasteiger partial charge in [-0.1, -0.05) is 19.3 Å². The Bertz CT molecular complexity index is 524. The average Bonchev–Trinajstić information content (AvgIpc) is 2.45. The van der Waals surface area contributed by atoms with Crippen LogP contribution in [0, 0.1) is 12.8 Å². The minimum Gasteiger partial charge on any atom is -0.348 e. The van der Waals surface area contributed by atoms with Gasteiger partial charge in [0.25, 0.3) is 5.91 Å². The first-order valence-corrected chi connectivity index (χ1v) is 7.32. The van der Waals surface area contributed by atoms with Crippen molar-refractivity contribution >= 4 is 18.3 Å². The number of aryl methyl sites for hydroxylation is 1. The Kier molecular flexibility index (Phi) is 6.92. The van der Waals surface area contributed by atoms with Gasteiger partial charge >= 0.3 is 0 Å². The highest BCUT2D eigenvalue weighted by Crippen LogP contribution is 2.26. The van der Waals surface area contributed by atoms with E-state index in [0.717, 1.165) is 12.8 Å². The van der Waals surface area contributed by atoms with Gasteiger partial charge in [-0.25, -0.2) is 0 Å². The van der Waals surface area contributed by atoms with Crippen LogP contribution in [0.3, 0.4) is 0 Å². The lowest BCUT2D eigenvalue weighted by atomic mass is 9.84. The lowest BCUT2D eigenvalue weighted by Crippen LogP contribution is -2.46. The second kappa shape index (κ2) is 8.20. The molecule has 0 saturated heterocycles. The Hall–Kier alpha value is -1.33. The number of nitrogens with one attached hydrogen (secondary N) is 2. The quantitative estimate of drug-likeness (QED) is 0.791. The van der Waals surface area contributed by atoms with Gasteiger partial charge < -0.3 is 16.0 Å². The third-order valence-electron chi connectivity index (χ3n) is 4.17. The molecular formula is C15H24ClN3O2. The van der Waals surface area contributed by atoms with Crippen molar-refractivity contribution in [1.29, 1.82) is 0 Å². The van der Waals surface area contributed by atoms with Gasteiger partial charge in [-0.15, -0.1) is 12.4 Å². The number of carbonyl (C=O) groups is 1. The molecule has 0 radical (unpaired) electrons. The van der Waals surface area contributed by atoms with Crippen LogP contribution in [0.15, 0.2) is 17.1 Å². The molecule has 1 heterocycles. The molecule has 6 heteroatoms. The lowest BCUT2D eigenvalue weighted by molar-refractivity contribution is 0.0914. The summed E-state index contributed by atoms with van der Waals surface area (Å²) >= 11 is 0. The number of H-pyrrole nitrogens is 1. The molecule has 1 aliphatic carbocycles. The van der Waals surface area contributed by atoms with Gasteiger partial charge in [-0.2, -0.15) is 0 Å². The zero-order valence-electron chi connectivity index (χ0n) is 12.4. The van der Waals surface area contributed by atoms with E-state index in [0.29, 0.717) is 23.6 Å². The summed E-state index contributed by atoms with van der Waals surface area (Å²) in [6, 6.07) is 1.46. The second-order valence-electron chi connectivity index (χ2n) is 5.61. The van der Waals surface area contributed by atoms with E-state index in [9.17, 15) is 9.59 Å². The molecular weight excluding hydrogens is 290 g/mol. The number of amides is 1. The van der Waals surface area contributed by atoms with Gasteiger partial charge in [-0.3, -0.25) is 9.59 Å². The van der Waals surface area contributed by atoms with Crippen LogP contribution in [-0.2, 0) is 0 Å². The Balaban J connectivity index is 0.00000220. The predicted molar refractivity (Wildman–Crippen MR) is 85.9 cm³/mol. The Labute approximate surface area is 131 Å². The largest absolute Gasteiger partial charge is 0.348 e. The summed E-state index contributed by atoms with van der Waals surface area (Å²) in [6.07, 6.45) is 7.45. The standard InChI is InChI=1S/C15H23N3O2.ClH/c1-10-7-14(19)17-9-12(10)15(20)18-13(8-16)11-5-3-2-4-6-11;/h7,9,11,13H,2-6,8,16H2,1H3,(H,17,19)(H,18,20);1H. The maximum atomic E-state index is 12.3. The number of hydrogen-bond donors (Lipinski definition) is 3. The fourth-order valence-corrected chi connectivity index (χ4v) is 2.97. The molecule has 1 amide bonds. The van der Waals surface area contributed by atoms with Gasteiger partial charge in [0.2, 0.25) is 5.56 Å². The molecule has 118 valence electrons. The van der Waals surface area contributed by atoms with Crippen molar-refractivity contribution in [2.75, 3.05) is 6.54 Å². The monoisotopic (exact) mass is 313 g/mol. The molecule has 1 unspecified atom stereocenters. The van der Waals surface area contributed by atoms with Gasteiger partial charge in [-0.05, 0) is 31.2 Å². The smallest absolute Gasteiger partial charge is 0.253 e. The SMILES string of the molecule is Cc1cc(=O)[nH]cc1C(=O)NC(CN)C1CCCCC1.Cl. The third kappa shape index (κ3) is 4.58. The highest BCUT2D eigenvalue weighted by Gasteiger charge is 2.24. The van der Waals surface area contributed by atoms with E-state index in [1.807, 2.05) is 0 Å². The Morgan fingerprint density at radius 2 is 2.10 bits per heavy atom. The van der Waals surface area contributed by atoms with Crippen molar-refractivity contribution in [1.82, 2.24) is 10.3 Å². The van der Waals surface area contributed by atoms with E-state index in [1.54, 1.807) is 6.92 Å². The molecule has 4 N–H and O–H groups in total. The van der Waals surface area contributed by atoms with E-state index in [4.69, 9.17) is 5.73 Å². The second-order valence-corrected chi connectivity index (χ2v) is 5.61. The number of rotatable bonds is 4. The minimum absolute atomic E-state index is 0. The number of nitrogens with two attached hydrogens (primary N) is 1. The van der Waals surface area contributed by atoms with Crippen LogP contribution < -0.4 is 16.6 Å². The summed E-state index contributed by atoms with van der Waals surface area (Å²) in [5.74, 6) is 0.320. The van der Waals surface area contributed by atoms with Crippen molar-refractivity contribution in [2.45, 2.75) is 45.1 Å². The highest BCUT2D eigenvalue weighted by atomic mass is 35.5. The number of hydrogen-bond acceptors (Lipinski definition) is 3. The Morgan fingerprint density at radius 3 is 2.67 bits per heavy atom. The van der Waals surface area contributed by atoms with E-state index >= 15 is 0 Å².